The van der Waals surface area contributed by atoms with Crippen molar-refractivity contribution in [1.82, 2.24) is 4.90 Å². The molecular weight excluding hydrogens is 502 g/mol. The molecule has 0 spiro atoms. The van der Waals surface area contributed by atoms with Gasteiger partial charge >= 0.3 is 12.1 Å². The van der Waals surface area contributed by atoms with E-state index in [0.29, 0.717) is 11.8 Å². The molecule has 1 fully saturated rings. The minimum absolute atomic E-state index is 0.0780. The molecule has 1 aliphatic heterocycles. The van der Waals surface area contributed by atoms with Gasteiger partial charge in [-0.3, -0.25) is 9.59 Å². The zero-order chi connectivity index (χ0) is 30.1. The highest BCUT2D eigenvalue weighted by atomic mass is 16.6. The monoisotopic (exact) mass is 559 g/mol. The van der Waals surface area contributed by atoms with E-state index in [4.69, 9.17) is 9.84 Å². The number of unbranched alkanes of at least 4 members (excludes halogenated alkanes) is 4. The zero-order valence-electron chi connectivity index (χ0n) is 26.4. The molecule has 1 aromatic carbocycles. The van der Waals surface area contributed by atoms with Gasteiger partial charge < -0.3 is 9.84 Å². The summed E-state index contributed by atoms with van der Waals surface area (Å²) in [6.07, 6.45) is 12.0. The third-order valence-corrected chi connectivity index (χ3v) is 8.29. The first-order chi connectivity index (χ1) is 19.1. The maximum Gasteiger partial charge on any atom is 0.417 e. The summed E-state index contributed by atoms with van der Waals surface area (Å²) in [5, 5.41) is 8.89. The quantitative estimate of drug-likeness (QED) is 0.192. The molecule has 6 nitrogen and oxygen atoms in total. The number of imide groups is 1. The number of amides is 2. The van der Waals surface area contributed by atoms with Crippen molar-refractivity contribution in [2.75, 3.05) is 0 Å². The summed E-state index contributed by atoms with van der Waals surface area (Å²) in [5.41, 5.74) is 0.935. The van der Waals surface area contributed by atoms with Gasteiger partial charge in [0.25, 0.3) is 0 Å². The summed E-state index contributed by atoms with van der Waals surface area (Å²) in [6.45, 7) is 14.7. The number of rotatable bonds is 17. The molecule has 0 unspecified atom stereocenters. The van der Waals surface area contributed by atoms with Gasteiger partial charge in [-0.15, -0.1) is 0 Å². The number of hydrogen-bond acceptors (Lipinski definition) is 4. The van der Waals surface area contributed by atoms with Gasteiger partial charge in [-0.05, 0) is 50.0 Å². The van der Waals surface area contributed by atoms with Crippen LogP contribution in [0, 0.1) is 23.7 Å². The number of nitrogens with zero attached hydrogens (tertiary/aromatic N) is 1. The molecule has 0 radical (unpaired) electrons. The van der Waals surface area contributed by atoms with E-state index >= 15 is 0 Å². The molecule has 0 bridgehead atoms. The second-order valence-corrected chi connectivity index (χ2v) is 11.9. The number of carbonyl (C=O) groups is 3. The average molecular weight is 560 g/mol. The predicted octanol–water partition coefficient (Wildman–Crippen LogP) is 9.43. The predicted molar refractivity (Wildman–Crippen MR) is 163 cm³/mol. The molecule has 6 heteroatoms. The van der Waals surface area contributed by atoms with E-state index in [1.54, 1.807) is 0 Å². The minimum atomic E-state index is -0.630. The van der Waals surface area contributed by atoms with Crippen LogP contribution in [-0.4, -0.2) is 34.0 Å². The fourth-order valence-electron chi connectivity index (χ4n) is 5.62. The lowest BCUT2D eigenvalue weighted by molar-refractivity contribution is -0.142. The van der Waals surface area contributed by atoms with E-state index in [1.165, 1.54) is 49.8 Å². The highest BCUT2D eigenvalue weighted by molar-refractivity contribution is 5.95. The maximum atomic E-state index is 13.1. The lowest BCUT2D eigenvalue weighted by Crippen LogP contribution is -2.42. The summed E-state index contributed by atoms with van der Waals surface area (Å²) in [5.74, 6) is 0.0975. The first kappa shape index (κ1) is 35.7. The average Bonchev–Trinajstić information content (AvgIpc) is 3.24. The number of benzene rings is 1. The lowest BCUT2D eigenvalue weighted by atomic mass is 9.89. The molecule has 1 N–H and O–H groups in total. The number of aliphatic carboxylic acids is 1. The van der Waals surface area contributed by atoms with Crippen LogP contribution in [0.5, 0.6) is 0 Å². The maximum absolute atomic E-state index is 13.1. The van der Waals surface area contributed by atoms with E-state index in [2.05, 4.69) is 27.7 Å². The van der Waals surface area contributed by atoms with Crippen molar-refractivity contribution in [1.29, 1.82) is 0 Å². The molecule has 1 aliphatic rings. The van der Waals surface area contributed by atoms with Crippen LogP contribution in [0.4, 0.5) is 4.79 Å². The van der Waals surface area contributed by atoms with Gasteiger partial charge in [-0.25, -0.2) is 9.69 Å². The normalized spacial score (nSPS) is 19.7. The van der Waals surface area contributed by atoms with E-state index in [0.717, 1.165) is 37.7 Å². The Morgan fingerprint density at radius 2 is 1.35 bits per heavy atom. The largest absolute Gasteiger partial charge is 0.481 e. The Labute approximate surface area is 244 Å². The molecule has 2 amide bonds. The number of carbonyl (C=O) groups excluding carboxylic acids is 2. The Hall–Kier alpha value is -2.37. The fourth-order valence-corrected chi connectivity index (χ4v) is 5.62. The standard InChI is InChI=1S/C22H33NO3.C12H24O2/c1-5-7-9-12-16(3)15-18(6-2)21(24)23-17(4)20(26-22(23)25)19-13-10-8-11-14-19;1-4-6-7-8-10(3)9-11(5-2)12(13)14/h8,10-11,13-14,16-18,20H,5-7,9,12,15H2,1-4H3;10-11H,4-9H2,1-3H3,(H,13,14)/t16-,17-,18-,20-;10-,11-/m11/s1. The van der Waals surface area contributed by atoms with Gasteiger partial charge in [0.15, 0.2) is 0 Å². The third-order valence-electron chi connectivity index (χ3n) is 8.29. The van der Waals surface area contributed by atoms with Crippen LogP contribution < -0.4 is 0 Å². The number of hydrogen-bond donors (Lipinski definition) is 1. The van der Waals surface area contributed by atoms with Crippen molar-refractivity contribution >= 4 is 18.0 Å². The van der Waals surface area contributed by atoms with E-state index in [-0.39, 0.29) is 29.9 Å². The van der Waals surface area contributed by atoms with Crippen LogP contribution in [0.25, 0.3) is 0 Å². The first-order valence-corrected chi connectivity index (χ1v) is 15.9. The van der Waals surface area contributed by atoms with Gasteiger partial charge in [0.2, 0.25) is 5.91 Å². The highest BCUT2D eigenvalue weighted by Crippen LogP contribution is 2.34. The number of carboxylic acids is 1. The van der Waals surface area contributed by atoms with Crippen molar-refractivity contribution < 1.29 is 24.2 Å². The summed E-state index contributed by atoms with van der Waals surface area (Å²) in [7, 11) is 0. The molecule has 1 aromatic rings. The van der Waals surface area contributed by atoms with E-state index < -0.39 is 12.1 Å². The van der Waals surface area contributed by atoms with E-state index in [1.807, 2.05) is 51.1 Å². The van der Waals surface area contributed by atoms with Crippen LogP contribution in [-0.2, 0) is 14.3 Å². The van der Waals surface area contributed by atoms with Gasteiger partial charge in [0, 0.05) is 5.92 Å². The van der Waals surface area contributed by atoms with Crippen molar-refractivity contribution in [2.45, 2.75) is 138 Å². The van der Waals surface area contributed by atoms with Crippen LogP contribution >= 0.6 is 0 Å². The van der Waals surface area contributed by atoms with Crippen LogP contribution in [0.2, 0.25) is 0 Å². The van der Waals surface area contributed by atoms with Gasteiger partial charge in [0.05, 0.1) is 12.0 Å². The number of cyclic esters (lactones) is 1. The number of ether oxygens (including phenoxy) is 1. The molecule has 2 rings (SSSR count). The molecule has 0 aromatic heterocycles. The molecule has 1 heterocycles. The van der Waals surface area contributed by atoms with Gasteiger partial charge in [-0.1, -0.05) is 123 Å². The molecular formula is C34H57NO5. The molecule has 0 aliphatic carbocycles. The Balaban J connectivity index is 0.000000486. The summed E-state index contributed by atoms with van der Waals surface area (Å²) < 4.78 is 5.54. The zero-order valence-corrected chi connectivity index (χ0v) is 26.4. The van der Waals surface area contributed by atoms with Crippen molar-refractivity contribution in [3.63, 3.8) is 0 Å². The van der Waals surface area contributed by atoms with Gasteiger partial charge in [-0.2, -0.15) is 0 Å². The fraction of sp³-hybridized carbons (Fsp3) is 0.735. The smallest absolute Gasteiger partial charge is 0.417 e. The van der Waals surface area contributed by atoms with Crippen molar-refractivity contribution in [3.05, 3.63) is 35.9 Å². The molecule has 6 atom stereocenters. The highest BCUT2D eigenvalue weighted by Gasteiger charge is 2.45. The third kappa shape index (κ3) is 12.0. The van der Waals surface area contributed by atoms with Crippen molar-refractivity contribution in [3.8, 4) is 0 Å². The van der Waals surface area contributed by atoms with Crippen molar-refractivity contribution in [2.24, 2.45) is 23.7 Å². The molecule has 228 valence electrons. The molecule has 40 heavy (non-hydrogen) atoms. The Kier molecular flexibility index (Phi) is 17.5. The molecule has 1 saturated heterocycles. The SMILES string of the molecule is CCCCC[C@@H](C)C[C@@H](CC)C(=O)N1C(=O)O[C@@H](c2ccccc2)[C@H]1C.CCCCC[C@@H](C)C[C@@H](CC)C(=O)O. The number of carboxylic acid groups (broad SMARTS) is 1. The second kappa shape index (κ2) is 19.7. The van der Waals surface area contributed by atoms with Crippen LogP contribution in [0.15, 0.2) is 30.3 Å². The summed E-state index contributed by atoms with van der Waals surface area (Å²) >= 11 is 0. The lowest BCUT2D eigenvalue weighted by Gasteiger charge is -2.25. The van der Waals surface area contributed by atoms with Crippen LogP contribution in [0.1, 0.15) is 137 Å². The topological polar surface area (TPSA) is 83.9 Å². The molecule has 0 saturated carbocycles. The Morgan fingerprint density at radius 1 is 0.850 bits per heavy atom. The van der Waals surface area contributed by atoms with Crippen LogP contribution in [0.3, 0.4) is 0 Å². The Morgan fingerprint density at radius 3 is 1.80 bits per heavy atom. The summed E-state index contributed by atoms with van der Waals surface area (Å²) in [4.78, 5) is 37.6. The van der Waals surface area contributed by atoms with E-state index in [9.17, 15) is 14.4 Å². The first-order valence-electron chi connectivity index (χ1n) is 15.9. The Bertz CT molecular complexity index is 857. The minimum Gasteiger partial charge on any atom is -0.481 e. The summed E-state index contributed by atoms with van der Waals surface area (Å²) in [6, 6.07) is 9.38. The second-order valence-electron chi connectivity index (χ2n) is 11.9. The van der Waals surface area contributed by atoms with Gasteiger partial charge in [0.1, 0.15) is 6.10 Å².